The molecule has 0 atom stereocenters. The van der Waals surface area contributed by atoms with Crippen molar-refractivity contribution in [2.45, 2.75) is 0 Å². The molecule has 0 spiro atoms. The van der Waals surface area contributed by atoms with E-state index in [1.807, 2.05) is 0 Å². The van der Waals surface area contributed by atoms with Crippen LogP contribution in [0.25, 0.3) is 0 Å². The first-order valence-corrected chi connectivity index (χ1v) is 3.94. The fourth-order valence-electron chi connectivity index (χ4n) is 0.633. The molecule has 0 bridgehead atoms. The fraction of sp³-hybridized carbons (Fsp3) is 0. The van der Waals surface area contributed by atoms with Gasteiger partial charge in [0.2, 0.25) is 0 Å². The highest BCUT2D eigenvalue weighted by Crippen LogP contribution is 2.23. The Hall–Kier alpha value is -0.240. The van der Waals surface area contributed by atoms with Crippen LogP contribution in [0.4, 0.5) is 0 Å². The summed E-state index contributed by atoms with van der Waals surface area (Å²) in [6.07, 6.45) is 0. The number of rotatable bonds is 1. The molecule has 0 saturated carbocycles. The van der Waals surface area contributed by atoms with Crippen LogP contribution in [-0.4, -0.2) is 5.17 Å². The van der Waals surface area contributed by atoms with Crippen LogP contribution in [-0.2, 0) is 0 Å². The third-order valence-corrected chi connectivity index (χ3v) is 2.13. The van der Waals surface area contributed by atoms with Crippen LogP contribution in [0.3, 0.4) is 0 Å². The summed E-state index contributed by atoms with van der Waals surface area (Å²) < 4.78 is 0. The number of benzene rings is 1. The van der Waals surface area contributed by atoms with Crippen molar-refractivity contribution >= 4 is 40.0 Å². The first kappa shape index (κ1) is 8.85. The molecular formula is C7H4Cl3N. The van der Waals surface area contributed by atoms with Crippen molar-refractivity contribution < 1.29 is 0 Å². The van der Waals surface area contributed by atoms with Crippen molar-refractivity contribution in [2.24, 2.45) is 0 Å². The molecule has 0 radical (unpaired) electrons. The predicted molar refractivity (Wildman–Crippen MR) is 49.1 cm³/mol. The minimum atomic E-state index is -0.0384. The number of halogens is 3. The molecule has 0 aliphatic heterocycles. The molecule has 1 nitrogen and oxygen atoms in total. The van der Waals surface area contributed by atoms with E-state index in [0.717, 1.165) is 0 Å². The van der Waals surface area contributed by atoms with Gasteiger partial charge < -0.3 is 0 Å². The number of hydrogen-bond donors (Lipinski definition) is 1. The lowest BCUT2D eigenvalue weighted by atomic mass is 10.2. The van der Waals surface area contributed by atoms with Gasteiger partial charge in [-0.05, 0) is 12.1 Å². The minimum absolute atomic E-state index is 0.0384. The first-order chi connectivity index (χ1) is 5.11. The predicted octanol–water partition coefficient (Wildman–Crippen LogP) is 3.56. The second kappa shape index (κ2) is 3.44. The van der Waals surface area contributed by atoms with E-state index in [4.69, 9.17) is 40.2 Å². The summed E-state index contributed by atoms with van der Waals surface area (Å²) in [5.41, 5.74) is 0.570. The lowest BCUT2D eigenvalue weighted by Crippen LogP contribution is -1.87. The maximum Gasteiger partial charge on any atom is 0.128 e. The highest BCUT2D eigenvalue weighted by Gasteiger charge is 2.01. The molecule has 0 saturated heterocycles. The molecular weight excluding hydrogens is 204 g/mol. The molecule has 1 aromatic rings. The summed E-state index contributed by atoms with van der Waals surface area (Å²) >= 11 is 16.7. The number of nitrogens with one attached hydrogen (secondary N) is 1. The average Bonchev–Trinajstić information content (AvgIpc) is 1.94. The number of hydrogen-bond acceptors (Lipinski definition) is 1. The molecule has 0 aliphatic rings. The first-order valence-electron chi connectivity index (χ1n) is 2.80. The molecule has 4 heteroatoms. The zero-order valence-corrected chi connectivity index (χ0v) is 7.63. The van der Waals surface area contributed by atoms with E-state index in [1.165, 1.54) is 0 Å². The van der Waals surface area contributed by atoms with E-state index < -0.39 is 0 Å². The van der Waals surface area contributed by atoms with Gasteiger partial charge in [-0.3, -0.25) is 5.41 Å². The zero-order chi connectivity index (χ0) is 8.43. The van der Waals surface area contributed by atoms with E-state index in [9.17, 15) is 0 Å². The minimum Gasteiger partial charge on any atom is -0.289 e. The normalized spacial score (nSPS) is 9.73. The van der Waals surface area contributed by atoms with Gasteiger partial charge in [-0.15, -0.1) is 0 Å². The van der Waals surface area contributed by atoms with Crippen LogP contribution in [0.2, 0.25) is 10.0 Å². The topological polar surface area (TPSA) is 23.9 Å². The fourth-order valence-corrected chi connectivity index (χ4v) is 1.05. The van der Waals surface area contributed by atoms with Gasteiger partial charge >= 0.3 is 0 Å². The Balaban J connectivity index is 3.15. The largest absolute Gasteiger partial charge is 0.289 e. The molecule has 58 valence electrons. The molecule has 0 aliphatic carbocycles. The molecule has 11 heavy (non-hydrogen) atoms. The van der Waals surface area contributed by atoms with Gasteiger partial charge in [-0.2, -0.15) is 0 Å². The molecule has 0 fully saturated rings. The van der Waals surface area contributed by atoms with Gasteiger partial charge in [0.1, 0.15) is 5.17 Å². The molecule has 0 unspecified atom stereocenters. The van der Waals surface area contributed by atoms with E-state index in [0.29, 0.717) is 15.6 Å². The van der Waals surface area contributed by atoms with Crippen molar-refractivity contribution in [3.63, 3.8) is 0 Å². The third-order valence-electron chi connectivity index (χ3n) is 1.17. The molecule has 1 N–H and O–H groups in total. The summed E-state index contributed by atoms with van der Waals surface area (Å²) in [5, 5.41) is 7.91. The third kappa shape index (κ3) is 2.09. The maximum atomic E-state index is 7.07. The maximum absolute atomic E-state index is 7.07. The smallest absolute Gasteiger partial charge is 0.128 e. The lowest BCUT2D eigenvalue weighted by Gasteiger charge is -1.97. The Morgan fingerprint density at radius 1 is 1.18 bits per heavy atom. The van der Waals surface area contributed by atoms with Crippen molar-refractivity contribution in [1.29, 1.82) is 5.41 Å². The van der Waals surface area contributed by atoms with E-state index in [1.54, 1.807) is 18.2 Å². The molecule has 1 rings (SSSR count). The Bertz CT molecular complexity index is 296. The van der Waals surface area contributed by atoms with Crippen LogP contribution < -0.4 is 0 Å². The Morgan fingerprint density at radius 2 is 1.82 bits per heavy atom. The van der Waals surface area contributed by atoms with E-state index >= 15 is 0 Å². The summed E-state index contributed by atoms with van der Waals surface area (Å²) in [6.45, 7) is 0. The summed E-state index contributed by atoms with van der Waals surface area (Å²) in [7, 11) is 0. The van der Waals surface area contributed by atoms with Crippen LogP contribution >= 0.6 is 34.8 Å². The van der Waals surface area contributed by atoms with Gasteiger partial charge in [0.25, 0.3) is 0 Å². The molecule has 0 aromatic heterocycles. The van der Waals surface area contributed by atoms with Crippen LogP contribution in [0.15, 0.2) is 18.2 Å². The van der Waals surface area contributed by atoms with Crippen molar-refractivity contribution in [1.82, 2.24) is 0 Å². The van der Waals surface area contributed by atoms with Gasteiger partial charge in [0, 0.05) is 5.56 Å². The molecule has 0 heterocycles. The Morgan fingerprint density at radius 3 is 2.27 bits per heavy atom. The SMILES string of the molecule is N=C(Cl)c1ccc(Cl)c(Cl)c1. The van der Waals surface area contributed by atoms with Crippen molar-refractivity contribution in [3.8, 4) is 0 Å². The standard InChI is InChI=1S/C7H4Cl3N/c8-5-2-1-4(7(10)11)3-6(5)9/h1-3,11H. The van der Waals surface area contributed by atoms with Gasteiger partial charge in [-0.25, -0.2) is 0 Å². The van der Waals surface area contributed by atoms with E-state index in [2.05, 4.69) is 0 Å². The quantitative estimate of drug-likeness (QED) is 0.683. The zero-order valence-electron chi connectivity index (χ0n) is 5.37. The summed E-state index contributed by atoms with van der Waals surface area (Å²) in [6, 6.07) is 4.80. The van der Waals surface area contributed by atoms with Gasteiger partial charge in [0.05, 0.1) is 10.0 Å². The van der Waals surface area contributed by atoms with E-state index in [-0.39, 0.29) is 5.17 Å². The van der Waals surface area contributed by atoms with Crippen molar-refractivity contribution in [3.05, 3.63) is 33.8 Å². The second-order valence-corrected chi connectivity index (χ2v) is 3.14. The Labute approximate surface area is 79.4 Å². The highest BCUT2D eigenvalue weighted by molar-refractivity contribution is 6.68. The second-order valence-electron chi connectivity index (χ2n) is 1.94. The van der Waals surface area contributed by atoms with Gasteiger partial charge in [-0.1, -0.05) is 40.9 Å². The van der Waals surface area contributed by atoms with Crippen LogP contribution in [0.5, 0.6) is 0 Å². The summed E-state index contributed by atoms with van der Waals surface area (Å²) in [4.78, 5) is 0. The Kier molecular flexibility index (Phi) is 2.77. The molecule has 0 amide bonds. The monoisotopic (exact) mass is 207 g/mol. The highest BCUT2D eigenvalue weighted by atomic mass is 35.5. The van der Waals surface area contributed by atoms with Crippen LogP contribution in [0.1, 0.15) is 5.56 Å². The average molecular weight is 208 g/mol. The van der Waals surface area contributed by atoms with Gasteiger partial charge in [0.15, 0.2) is 0 Å². The summed E-state index contributed by atoms with van der Waals surface area (Å²) in [5.74, 6) is 0. The van der Waals surface area contributed by atoms with Crippen molar-refractivity contribution in [2.75, 3.05) is 0 Å². The molecule has 1 aromatic carbocycles. The lowest BCUT2D eigenvalue weighted by molar-refractivity contribution is 1.52. The van der Waals surface area contributed by atoms with Crippen LogP contribution in [0, 0.1) is 5.41 Å².